The number of nitrogens with one attached hydrogen (secondary N) is 1. The molecule has 1 aromatic carbocycles. The smallest absolute Gasteiger partial charge is 0 e. The van der Waals surface area contributed by atoms with Gasteiger partial charge in [-0.3, -0.25) is 0 Å². The van der Waals surface area contributed by atoms with E-state index < -0.39 is 0 Å². The van der Waals surface area contributed by atoms with Gasteiger partial charge in [0.15, 0.2) is 0 Å². The molecule has 2 nitrogen and oxygen atoms in total. The molecule has 1 heterocycles. The molecule has 0 amide bonds. The summed E-state index contributed by atoms with van der Waals surface area (Å²) in [6.07, 6.45) is 2.77. The molecule has 1 aromatic heterocycles. The molecule has 0 saturated heterocycles. The van der Waals surface area contributed by atoms with Gasteiger partial charge < -0.3 is 9.97 Å². The summed E-state index contributed by atoms with van der Waals surface area (Å²) in [4.78, 5) is 7.16. The minimum absolute atomic E-state index is 0. The van der Waals surface area contributed by atoms with Crippen LogP contribution in [0.3, 0.4) is 0 Å². The molecule has 0 aliphatic rings. The number of rotatable bonds is 1. The molecule has 2 rings (SSSR count). The fourth-order valence-electron chi connectivity index (χ4n) is 1.53. The number of hydrogen-bond donors (Lipinski definition) is 1. The summed E-state index contributed by atoms with van der Waals surface area (Å²) < 4.78 is 0. The van der Waals surface area contributed by atoms with Gasteiger partial charge in [-0.15, -0.1) is 6.07 Å². The van der Waals surface area contributed by atoms with Crippen LogP contribution in [-0.4, -0.2) is 9.97 Å². The molecule has 14 heavy (non-hydrogen) atoms. The van der Waals surface area contributed by atoms with E-state index in [-0.39, 0.29) is 19.5 Å². The van der Waals surface area contributed by atoms with Gasteiger partial charge in [0.2, 0.25) is 0 Å². The van der Waals surface area contributed by atoms with Gasteiger partial charge in [0.05, 0.1) is 0 Å². The molecule has 3 heteroatoms. The summed E-state index contributed by atoms with van der Waals surface area (Å²) in [7, 11) is 0. The van der Waals surface area contributed by atoms with Gasteiger partial charge >= 0.3 is 0 Å². The number of H-pyrrole nitrogens is 1. The van der Waals surface area contributed by atoms with Crippen molar-refractivity contribution >= 4 is 11.0 Å². The fraction of sp³-hybridized carbons (Fsp3) is 0.364. The van der Waals surface area contributed by atoms with Crippen molar-refractivity contribution in [3.8, 4) is 0 Å². The first-order valence-electron chi connectivity index (χ1n) is 4.55. The number of aromatic amines is 1. The maximum Gasteiger partial charge on any atom is 0 e. The number of hydrogen-bond acceptors (Lipinski definition) is 1. The van der Waals surface area contributed by atoms with E-state index >= 15 is 0 Å². The second-order valence-corrected chi connectivity index (χ2v) is 3.74. The summed E-state index contributed by atoms with van der Waals surface area (Å²) in [6.45, 7) is 6.48. The van der Waals surface area contributed by atoms with Crippen molar-refractivity contribution in [2.75, 3.05) is 0 Å². The molecule has 0 spiro atoms. The maximum atomic E-state index is 4.14. The van der Waals surface area contributed by atoms with Crippen LogP contribution >= 0.6 is 0 Å². The number of fused-ring (bicyclic) bond motifs is 1. The summed E-state index contributed by atoms with van der Waals surface area (Å²) in [5, 5.41) is 0. The van der Waals surface area contributed by atoms with Gasteiger partial charge in [-0.25, -0.2) is 0 Å². The Morgan fingerprint density at radius 2 is 2.07 bits per heavy atom. The largest absolute Gasteiger partial charge is 0.460 e. The maximum absolute atomic E-state index is 4.14. The van der Waals surface area contributed by atoms with E-state index in [1.165, 1.54) is 11.1 Å². The third-order valence-corrected chi connectivity index (χ3v) is 2.35. The van der Waals surface area contributed by atoms with Crippen molar-refractivity contribution in [1.82, 2.24) is 9.97 Å². The van der Waals surface area contributed by atoms with Crippen LogP contribution in [0.4, 0.5) is 0 Å². The summed E-state index contributed by atoms with van der Waals surface area (Å²) >= 11 is 0. The third-order valence-electron chi connectivity index (χ3n) is 2.35. The molecule has 2 aromatic rings. The average molecular weight is 276 g/mol. The Morgan fingerprint density at radius 3 is 2.71 bits per heavy atom. The van der Waals surface area contributed by atoms with Gasteiger partial charge in [0.1, 0.15) is 0 Å². The third kappa shape index (κ3) is 1.88. The van der Waals surface area contributed by atoms with Gasteiger partial charge in [-0.1, -0.05) is 49.0 Å². The van der Waals surface area contributed by atoms with Crippen LogP contribution < -0.4 is 0 Å². The molecule has 1 radical (unpaired) electrons. The number of aromatic nitrogens is 2. The van der Waals surface area contributed by atoms with Crippen LogP contribution in [0.15, 0.2) is 12.1 Å². The molecule has 77 valence electrons. The predicted octanol–water partition coefficient (Wildman–Crippen LogP) is 2.79. The van der Waals surface area contributed by atoms with E-state index in [1.807, 2.05) is 0 Å². The van der Waals surface area contributed by atoms with E-state index in [2.05, 4.69) is 49.2 Å². The van der Waals surface area contributed by atoms with Crippen LogP contribution in [-0.2, 0) is 19.5 Å². The monoisotopic (exact) mass is 276 g/mol. The second-order valence-electron chi connectivity index (χ2n) is 3.74. The van der Waals surface area contributed by atoms with Crippen molar-refractivity contribution in [3.05, 3.63) is 29.6 Å². The average Bonchev–Trinajstić information content (AvgIpc) is 2.51. The molecular weight excluding hydrogens is 263 g/mol. The van der Waals surface area contributed by atoms with Gasteiger partial charge in [0, 0.05) is 19.5 Å². The van der Waals surface area contributed by atoms with Crippen molar-refractivity contribution in [2.24, 2.45) is 0 Å². The van der Waals surface area contributed by atoms with Crippen LogP contribution in [0.25, 0.3) is 11.0 Å². The summed E-state index contributed by atoms with van der Waals surface area (Å²) in [5.41, 5.74) is 4.69. The van der Waals surface area contributed by atoms with Gasteiger partial charge in [0.25, 0.3) is 0 Å². The Kier molecular flexibility index (Phi) is 3.44. The number of aryl methyl sites for hydroxylation is 1. The number of benzene rings is 1. The van der Waals surface area contributed by atoms with Crippen LogP contribution in [0.5, 0.6) is 0 Å². The first kappa shape index (κ1) is 11.4. The Labute approximate surface area is 96.9 Å². The Balaban J connectivity index is 0.000000980. The second kappa shape index (κ2) is 4.23. The van der Waals surface area contributed by atoms with E-state index in [0.29, 0.717) is 5.92 Å². The van der Waals surface area contributed by atoms with Gasteiger partial charge in [-0.2, -0.15) is 0 Å². The van der Waals surface area contributed by atoms with Crippen LogP contribution in [0.2, 0.25) is 0 Å². The fourth-order valence-corrected chi connectivity index (χ4v) is 1.53. The van der Waals surface area contributed by atoms with Crippen molar-refractivity contribution < 1.29 is 19.5 Å². The topological polar surface area (TPSA) is 28.7 Å². The Hall–Kier alpha value is -0.687. The minimum atomic E-state index is 0. The first-order valence-corrected chi connectivity index (χ1v) is 4.55. The predicted molar refractivity (Wildman–Crippen MR) is 53.8 cm³/mol. The minimum Gasteiger partial charge on any atom is -0.460 e. The molecule has 0 aliphatic carbocycles. The Morgan fingerprint density at radius 1 is 1.36 bits per heavy atom. The summed E-state index contributed by atoms with van der Waals surface area (Å²) in [5.74, 6) is 0.561. The molecule has 0 fully saturated rings. The van der Waals surface area contributed by atoms with Crippen LogP contribution in [0.1, 0.15) is 30.9 Å². The first-order chi connectivity index (χ1) is 6.18. The molecule has 0 atom stereocenters. The molecule has 0 bridgehead atoms. The zero-order valence-corrected chi connectivity index (χ0v) is 10.2. The number of nitrogens with zero attached hydrogens (tertiary/aromatic N) is 1. The van der Waals surface area contributed by atoms with Crippen molar-refractivity contribution in [3.63, 3.8) is 0 Å². The standard InChI is InChI=1S/C11H13N2.Rh/c1-7(2)9-4-8(3)11-10(5-9)12-6-13-11;/h4-5,7H,1-3H3,(H,12,13);/q-1;. The zero-order valence-electron chi connectivity index (χ0n) is 8.51. The van der Waals surface area contributed by atoms with Gasteiger partial charge in [-0.05, 0) is 12.2 Å². The molecule has 0 saturated carbocycles. The van der Waals surface area contributed by atoms with Crippen molar-refractivity contribution in [2.45, 2.75) is 26.7 Å². The normalized spacial score (nSPS) is 10.6. The quantitative estimate of drug-likeness (QED) is 0.629. The molecule has 1 N–H and O–H groups in total. The van der Waals surface area contributed by atoms with E-state index in [1.54, 1.807) is 0 Å². The van der Waals surface area contributed by atoms with E-state index in [9.17, 15) is 0 Å². The molecule has 0 aliphatic heterocycles. The molecular formula is C11H13N2Rh-. The van der Waals surface area contributed by atoms with Crippen molar-refractivity contribution in [1.29, 1.82) is 0 Å². The zero-order chi connectivity index (χ0) is 9.42. The summed E-state index contributed by atoms with van der Waals surface area (Å²) in [6, 6.07) is 4.35. The van der Waals surface area contributed by atoms with E-state index in [4.69, 9.17) is 0 Å². The Bertz CT molecular complexity index is 432. The van der Waals surface area contributed by atoms with E-state index in [0.717, 1.165) is 11.0 Å². The SMILES string of the molecule is Cc1cc(C(C)C)cc2[nH][c-]nc12.[Rh]. The number of imidazole rings is 1. The van der Waals surface area contributed by atoms with Crippen LogP contribution in [0, 0.1) is 13.3 Å². The molecule has 0 unspecified atom stereocenters.